The largest absolute Gasteiger partial charge is 0.460 e. The molecule has 2 aliphatic rings. The Morgan fingerprint density at radius 2 is 2.19 bits per heavy atom. The number of carbonyl (C=O) groups is 1. The molecule has 4 nitrogen and oxygen atoms in total. The highest BCUT2D eigenvalue weighted by Crippen LogP contribution is 2.47. The van der Waals surface area contributed by atoms with E-state index >= 15 is 0 Å². The Kier molecular flexibility index (Phi) is 5.06. The van der Waals surface area contributed by atoms with Gasteiger partial charge < -0.3 is 14.8 Å². The van der Waals surface area contributed by atoms with Crippen molar-refractivity contribution >= 4 is 28.9 Å². The van der Waals surface area contributed by atoms with E-state index in [4.69, 9.17) is 21.1 Å². The second kappa shape index (κ2) is 7.31. The average molecular weight is 392 g/mol. The van der Waals surface area contributed by atoms with Gasteiger partial charge in [-0.3, -0.25) is 0 Å². The molecule has 26 heavy (non-hydrogen) atoms. The zero-order valence-electron chi connectivity index (χ0n) is 14.7. The van der Waals surface area contributed by atoms with E-state index in [1.54, 1.807) is 23.5 Å². The van der Waals surface area contributed by atoms with Crippen molar-refractivity contribution in [1.82, 2.24) is 5.32 Å². The molecule has 1 saturated heterocycles. The molecule has 1 N–H and O–H groups in total. The molecule has 4 rings (SSSR count). The molecule has 3 atom stereocenters. The molecule has 2 aromatic rings. The summed E-state index contributed by atoms with van der Waals surface area (Å²) in [6, 6.07) is 11.5. The van der Waals surface area contributed by atoms with Gasteiger partial charge in [-0.1, -0.05) is 29.8 Å². The van der Waals surface area contributed by atoms with Crippen LogP contribution < -0.4 is 5.32 Å². The molecule has 1 aromatic heterocycles. The van der Waals surface area contributed by atoms with Crippen LogP contribution in [-0.4, -0.2) is 31.3 Å². The lowest BCUT2D eigenvalue weighted by molar-refractivity contribution is -0.0993. The maximum atomic E-state index is 12.2. The molecule has 0 amide bonds. The van der Waals surface area contributed by atoms with Gasteiger partial charge in [0, 0.05) is 23.4 Å². The lowest BCUT2D eigenvalue weighted by Crippen LogP contribution is -2.54. The van der Waals surface area contributed by atoms with E-state index in [1.165, 1.54) is 10.4 Å². The number of hydrogen-bond donors (Lipinski definition) is 1. The second-order valence-electron chi connectivity index (χ2n) is 7.13. The summed E-state index contributed by atoms with van der Waals surface area (Å²) >= 11 is 7.90. The van der Waals surface area contributed by atoms with Crippen LogP contribution in [0.2, 0.25) is 4.34 Å². The molecular formula is C20H22ClNO3S. The third kappa shape index (κ3) is 3.54. The number of thiophene rings is 1. The number of rotatable bonds is 3. The summed E-state index contributed by atoms with van der Waals surface area (Å²) in [6.45, 7) is 3.20. The van der Waals surface area contributed by atoms with E-state index in [0.717, 1.165) is 23.6 Å². The smallest absolute Gasteiger partial charge is 0.338 e. The summed E-state index contributed by atoms with van der Waals surface area (Å²) in [7, 11) is 0. The van der Waals surface area contributed by atoms with Gasteiger partial charge in [-0.25, -0.2) is 4.79 Å². The number of piperidine rings is 1. The minimum absolute atomic E-state index is 0.0539. The van der Waals surface area contributed by atoms with Gasteiger partial charge in [-0.15, -0.1) is 11.3 Å². The Morgan fingerprint density at radius 1 is 1.38 bits per heavy atom. The molecule has 1 aromatic carbocycles. The zero-order chi connectivity index (χ0) is 18.1. The Balaban J connectivity index is 1.48. The molecule has 138 valence electrons. The van der Waals surface area contributed by atoms with Crippen molar-refractivity contribution in [3.05, 3.63) is 56.7 Å². The van der Waals surface area contributed by atoms with E-state index in [1.807, 2.05) is 18.2 Å². The molecular weight excluding hydrogens is 370 g/mol. The molecule has 0 unspecified atom stereocenters. The van der Waals surface area contributed by atoms with Crippen LogP contribution in [0.3, 0.4) is 0 Å². The Hall–Kier alpha value is -1.40. The quantitative estimate of drug-likeness (QED) is 0.798. The SMILES string of the molecule is C[C@H]1C[C@@]2(C[C@@H](COC(=O)c3ccccc3)N1)OCCc1cc(Cl)sc12. The highest BCUT2D eigenvalue weighted by Gasteiger charge is 2.45. The molecule has 6 heteroatoms. The lowest BCUT2D eigenvalue weighted by Gasteiger charge is -2.45. The lowest BCUT2D eigenvalue weighted by atomic mass is 9.80. The minimum Gasteiger partial charge on any atom is -0.460 e. The van der Waals surface area contributed by atoms with Crippen LogP contribution in [-0.2, 0) is 21.5 Å². The van der Waals surface area contributed by atoms with E-state index < -0.39 is 0 Å². The van der Waals surface area contributed by atoms with Crippen molar-refractivity contribution in [2.24, 2.45) is 0 Å². The van der Waals surface area contributed by atoms with Gasteiger partial charge in [0.05, 0.1) is 16.5 Å². The minimum atomic E-state index is -0.320. The Bertz CT molecular complexity index is 794. The number of hydrogen-bond acceptors (Lipinski definition) is 5. The predicted octanol–water partition coefficient (Wildman–Crippen LogP) is 4.17. The van der Waals surface area contributed by atoms with Crippen LogP contribution >= 0.6 is 22.9 Å². The maximum Gasteiger partial charge on any atom is 0.338 e. The molecule has 0 aliphatic carbocycles. The number of halogens is 1. The molecule has 1 fully saturated rings. The fourth-order valence-electron chi connectivity index (χ4n) is 4.13. The van der Waals surface area contributed by atoms with Gasteiger partial charge in [0.2, 0.25) is 0 Å². The van der Waals surface area contributed by atoms with Gasteiger partial charge in [-0.05, 0) is 43.5 Å². The number of ether oxygens (including phenoxy) is 2. The number of fused-ring (bicyclic) bond motifs is 2. The summed E-state index contributed by atoms with van der Waals surface area (Å²) in [5, 5.41) is 3.55. The first-order valence-electron chi connectivity index (χ1n) is 8.97. The number of nitrogens with one attached hydrogen (secondary N) is 1. The van der Waals surface area contributed by atoms with Crippen LogP contribution in [0.1, 0.15) is 40.6 Å². The first-order chi connectivity index (χ1) is 12.6. The summed E-state index contributed by atoms with van der Waals surface area (Å²) in [5.41, 5.74) is 1.56. The summed E-state index contributed by atoms with van der Waals surface area (Å²) in [4.78, 5) is 13.5. The van der Waals surface area contributed by atoms with Crippen LogP contribution in [0.25, 0.3) is 0 Å². The van der Waals surface area contributed by atoms with E-state index in [2.05, 4.69) is 18.3 Å². The average Bonchev–Trinajstić information content (AvgIpc) is 3.02. The highest BCUT2D eigenvalue weighted by atomic mass is 35.5. The van der Waals surface area contributed by atoms with Crippen LogP contribution in [0.5, 0.6) is 0 Å². The summed E-state index contributed by atoms with van der Waals surface area (Å²) < 4.78 is 12.7. The van der Waals surface area contributed by atoms with Crippen molar-refractivity contribution in [3.8, 4) is 0 Å². The monoisotopic (exact) mass is 391 g/mol. The molecule has 0 saturated carbocycles. The molecule has 3 heterocycles. The standard InChI is InChI=1S/C20H22ClNO3S/c1-13-10-20(18-15(7-8-25-20)9-17(21)26-18)11-16(22-13)12-24-19(23)14-5-3-2-4-6-14/h2-6,9,13,16,22H,7-8,10-12H2,1H3/t13-,16-,20-/m0/s1. The highest BCUT2D eigenvalue weighted by molar-refractivity contribution is 7.16. The second-order valence-corrected chi connectivity index (χ2v) is 8.82. The Labute approximate surface area is 162 Å². The topological polar surface area (TPSA) is 47.6 Å². The number of esters is 1. The fraction of sp³-hybridized carbons (Fsp3) is 0.450. The van der Waals surface area contributed by atoms with Crippen molar-refractivity contribution < 1.29 is 14.3 Å². The molecule has 1 spiro atoms. The fourth-order valence-corrected chi connectivity index (χ4v) is 5.59. The summed E-state index contributed by atoms with van der Waals surface area (Å²) in [6.07, 6.45) is 2.60. The summed E-state index contributed by atoms with van der Waals surface area (Å²) in [5.74, 6) is -0.288. The third-order valence-corrected chi connectivity index (χ3v) is 6.59. The number of carbonyl (C=O) groups excluding carboxylic acids is 1. The van der Waals surface area contributed by atoms with Gasteiger partial charge in [0.15, 0.2) is 0 Å². The first-order valence-corrected chi connectivity index (χ1v) is 10.2. The molecule has 0 radical (unpaired) electrons. The van der Waals surface area contributed by atoms with Gasteiger partial charge >= 0.3 is 5.97 Å². The van der Waals surface area contributed by atoms with Gasteiger partial charge in [-0.2, -0.15) is 0 Å². The maximum absolute atomic E-state index is 12.2. The van der Waals surface area contributed by atoms with E-state index in [9.17, 15) is 4.79 Å². The molecule has 0 bridgehead atoms. The number of benzene rings is 1. The van der Waals surface area contributed by atoms with Gasteiger partial charge in [0.25, 0.3) is 0 Å². The zero-order valence-corrected chi connectivity index (χ0v) is 16.2. The van der Waals surface area contributed by atoms with Crippen molar-refractivity contribution in [3.63, 3.8) is 0 Å². The third-order valence-electron chi connectivity index (χ3n) is 5.10. The van der Waals surface area contributed by atoms with E-state index in [-0.39, 0.29) is 23.7 Å². The van der Waals surface area contributed by atoms with Crippen molar-refractivity contribution in [2.45, 2.75) is 43.9 Å². The first kappa shape index (κ1) is 18.0. The van der Waals surface area contributed by atoms with Crippen LogP contribution in [0, 0.1) is 0 Å². The Morgan fingerprint density at radius 3 is 3.00 bits per heavy atom. The van der Waals surface area contributed by atoms with Crippen LogP contribution in [0.4, 0.5) is 0 Å². The van der Waals surface area contributed by atoms with Crippen molar-refractivity contribution in [2.75, 3.05) is 13.2 Å². The molecule has 2 aliphatic heterocycles. The predicted molar refractivity (Wildman–Crippen MR) is 103 cm³/mol. The van der Waals surface area contributed by atoms with Crippen LogP contribution in [0.15, 0.2) is 36.4 Å². The van der Waals surface area contributed by atoms with Crippen molar-refractivity contribution in [1.29, 1.82) is 0 Å². The van der Waals surface area contributed by atoms with E-state index in [0.29, 0.717) is 18.8 Å². The normalized spacial score (nSPS) is 27.9. The van der Waals surface area contributed by atoms with Gasteiger partial charge in [0.1, 0.15) is 12.2 Å².